The van der Waals surface area contributed by atoms with E-state index in [2.05, 4.69) is 5.16 Å². The minimum absolute atomic E-state index is 0.0673. The van der Waals surface area contributed by atoms with E-state index in [1.165, 1.54) is 0 Å². The van der Waals surface area contributed by atoms with Crippen LogP contribution in [-0.2, 0) is 16.0 Å². The summed E-state index contributed by atoms with van der Waals surface area (Å²) < 4.78 is 10.4. The van der Waals surface area contributed by atoms with Gasteiger partial charge in [-0.2, -0.15) is 0 Å². The molecule has 0 saturated carbocycles. The minimum atomic E-state index is -0.971. The van der Waals surface area contributed by atoms with Crippen LogP contribution in [0.4, 0.5) is 0 Å². The highest BCUT2D eigenvalue weighted by Gasteiger charge is 2.28. The average Bonchev–Trinajstić information content (AvgIpc) is 2.85. The Hall–Kier alpha value is -1.89. The first-order chi connectivity index (χ1) is 10.0. The van der Waals surface area contributed by atoms with Gasteiger partial charge in [0.25, 0.3) is 5.91 Å². The van der Waals surface area contributed by atoms with Gasteiger partial charge >= 0.3 is 5.97 Å². The molecule has 1 N–H and O–H groups in total. The fourth-order valence-electron chi connectivity index (χ4n) is 2.51. The summed E-state index contributed by atoms with van der Waals surface area (Å²) >= 11 is 0. The highest BCUT2D eigenvalue weighted by molar-refractivity contribution is 5.96. The Balaban J connectivity index is 1.94. The molecule has 0 unspecified atom stereocenters. The number of ether oxygens (including phenoxy) is 1. The molecule has 1 fully saturated rings. The van der Waals surface area contributed by atoms with Gasteiger partial charge in [0.05, 0.1) is 11.8 Å². The maximum atomic E-state index is 12.5. The molecule has 1 aliphatic rings. The Kier molecular flexibility index (Phi) is 4.95. The van der Waals surface area contributed by atoms with E-state index in [9.17, 15) is 9.59 Å². The average molecular weight is 296 g/mol. The van der Waals surface area contributed by atoms with E-state index < -0.39 is 5.97 Å². The molecule has 0 aromatic carbocycles. The number of piperidine rings is 1. The maximum Gasteiger partial charge on any atom is 0.329 e. The van der Waals surface area contributed by atoms with E-state index in [1.54, 1.807) is 11.8 Å². The first-order valence-electron chi connectivity index (χ1n) is 7.10. The fourth-order valence-corrected chi connectivity index (χ4v) is 2.51. The van der Waals surface area contributed by atoms with Gasteiger partial charge in [0, 0.05) is 13.1 Å². The lowest BCUT2D eigenvalue weighted by Gasteiger charge is -2.31. The van der Waals surface area contributed by atoms with Crippen LogP contribution in [0.15, 0.2) is 4.52 Å². The van der Waals surface area contributed by atoms with Gasteiger partial charge in [-0.15, -0.1) is 0 Å². The van der Waals surface area contributed by atoms with Crippen LogP contribution in [0.5, 0.6) is 0 Å². The zero-order valence-corrected chi connectivity index (χ0v) is 12.3. The van der Waals surface area contributed by atoms with Crippen molar-refractivity contribution in [1.29, 1.82) is 0 Å². The van der Waals surface area contributed by atoms with E-state index in [-0.39, 0.29) is 18.6 Å². The minimum Gasteiger partial charge on any atom is -0.480 e. The number of hydrogen-bond donors (Lipinski definition) is 1. The molecule has 1 aliphatic heterocycles. The van der Waals surface area contributed by atoms with E-state index >= 15 is 0 Å². The number of carbonyl (C=O) groups is 2. The molecule has 0 spiro atoms. The summed E-state index contributed by atoms with van der Waals surface area (Å²) in [4.78, 5) is 24.7. The summed E-state index contributed by atoms with van der Waals surface area (Å²) in [5.74, 6) is -0.496. The van der Waals surface area contributed by atoms with Gasteiger partial charge in [-0.25, -0.2) is 4.79 Å². The normalized spacial score (nSPS) is 16.2. The molecule has 116 valence electrons. The van der Waals surface area contributed by atoms with Gasteiger partial charge in [-0.1, -0.05) is 12.1 Å². The predicted octanol–water partition coefficient (Wildman–Crippen LogP) is 1.25. The van der Waals surface area contributed by atoms with Gasteiger partial charge < -0.3 is 19.3 Å². The molecule has 0 bridgehead atoms. The Morgan fingerprint density at radius 2 is 2.10 bits per heavy atom. The number of aliphatic carboxylic acids is 1. The monoisotopic (exact) mass is 296 g/mol. The number of carbonyl (C=O) groups excluding carboxylic acids is 1. The van der Waals surface area contributed by atoms with Crippen LogP contribution in [0.2, 0.25) is 0 Å². The smallest absolute Gasteiger partial charge is 0.329 e. The molecule has 1 aromatic heterocycles. The molecule has 0 aliphatic carbocycles. The Bertz CT molecular complexity index is 517. The number of amides is 1. The van der Waals surface area contributed by atoms with Crippen LogP contribution in [0, 0.1) is 6.92 Å². The second kappa shape index (κ2) is 6.71. The van der Waals surface area contributed by atoms with Crippen molar-refractivity contribution in [3.63, 3.8) is 0 Å². The number of rotatable bonds is 5. The molecule has 0 atom stereocenters. The topological polar surface area (TPSA) is 92.9 Å². The second-order valence-electron chi connectivity index (χ2n) is 5.11. The van der Waals surface area contributed by atoms with Gasteiger partial charge in [0.2, 0.25) is 0 Å². The molecular formula is C14H20N2O5. The van der Waals surface area contributed by atoms with Crippen LogP contribution in [0.25, 0.3) is 0 Å². The molecule has 21 heavy (non-hydrogen) atoms. The van der Waals surface area contributed by atoms with E-state index in [4.69, 9.17) is 14.4 Å². The van der Waals surface area contributed by atoms with E-state index in [0.29, 0.717) is 49.4 Å². The maximum absolute atomic E-state index is 12.5. The van der Waals surface area contributed by atoms with Crippen molar-refractivity contribution in [2.24, 2.45) is 0 Å². The number of nitrogens with zero attached hydrogens (tertiary/aromatic N) is 2. The molecular weight excluding hydrogens is 276 g/mol. The predicted molar refractivity (Wildman–Crippen MR) is 73.1 cm³/mol. The molecule has 1 aromatic rings. The first-order valence-corrected chi connectivity index (χ1v) is 7.10. The SMILES string of the molecule is CCc1noc(C)c1C(=O)N1CCC(OCC(=O)O)CC1. The molecule has 7 heteroatoms. The van der Waals surface area contributed by atoms with Crippen molar-refractivity contribution in [2.45, 2.75) is 39.2 Å². The highest BCUT2D eigenvalue weighted by Crippen LogP contribution is 2.20. The second-order valence-corrected chi connectivity index (χ2v) is 5.11. The van der Waals surface area contributed by atoms with Crippen LogP contribution >= 0.6 is 0 Å². The summed E-state index contributed by atoms with van der Waals surface area (Å²) in [5, 5.41) is 12.5. The number of hydrogen-bond acceptors (Lipinski definition) is 5. The Morgan fingerprint density at radius 3 is 2.67 bits per heavy atom. The van der Waals surface area contributed by atoms with Crippen molar-refractivity contribution < 1.29 is 24.0 Å². The summed E-state index contributed by atoms with van der Waals surface area (Å²) in [6, 6.07) is 0. The summed E-state index contributed by atoms with van der Waals surface area (Å²) in [7, 11) is 0. The number of aryl methyl sites for hydroxylation is 2. The lowest BCUT2D eigenvalue weighted by Crippen LogP contribution is -2.41. The summed E-state index contributed by atoms with van der Waals surface area (Å²) in [6.07, 6.45) is 1.84. The Morgan fingerprint density at radius 1 is 1.43 bits per heavy atom. The van der Waals surface area contributed by atoms with Crippen LogP contribution in [-0.4, -0.2) is 52.8 Å². The summed E-state index contributed by atoms with van der Waals surface area (Å²) in [5.41, 5.74) is 1.24. The number of carboxylic acids is 1. The van der Waals surface area contributed by atoms with Crippen molar-refractivity contribution in [2.75, 3.05) is 19.7 Å². The van der Waals surface area contributed by atoms with E-state index in [1.807, 2.05) is 6.92 Å². The van der Waals surface area contributed by atoms with Crippen molar-refractivity contribution in [3.05, 3.63) is 17.0 Å². The van der Waals surface area contributed by atoms with Crippen molar-refractivity contribution in [1.82, 2.24) is 10.1 Å². The lowest BCUT2D eigenvalue weighted by atomic mass is 10.0. The van der Waals surface area contributed by atoms with Crippen LogP contribution in [0.3, 0.4) is 0 Å². The largest absolute Gasteiger partial charge is 0.480 e. The van der Waals surface area contributed by atoms with E-state index in [0.717, 1.165) is 0 Å². The van der Waals surface area contributed by atoms with Gasteiger partial charge in [0.1, 0.15) is 17.9 Å². The van der Waals surface area contributed by atoms with Crippen LogP contribution in [0.1, 0.15) is 41.6 Å². The highest BCUT2D eigenvalue weighted by atomic mass is 16.5. The third-order valence-corrected chi connectivity index (χ3v) is 3.65. The van der Waals surface area contributed by atoms with Gasteiger partial charge in [-0.05, 0) is 26.2 Å². The van der Waals surface area contributed by atoms with Gasteiger partial charge in [0.15, 0.2) is 0 Å². The third kappa shape index (κ3) is 3.60. The lowest BCUT2D eigenvalue weighted by molar-refractivity contribution is -0.145. The molecule has 2 heterocycles. The van der Waals surface area contributed by atoms with Crippen molar-refractivity contribution >= 4 is 11.9 Å². The zero-order valence-electron chi connectivity index (χ0n) is 12.3. The summed E-state index contributed by atoms with van der Waals surface area (Å²) in [6.45, 7) is 4.49. The number of carboxylic acid groups (broad SMARTS) is 1. The molecule has 1 amide bonds. The number of likely N-dealkylation sites (tertiary alicyclic amines) is 1. The van der Waals surface area contributed by atoms with Crippen LogP contribution < -0.4 is 0 Å². The third-order valence-electron chi connectivity index (χ3n) is 3.65. The number of aromatic nitrogens is 1. The zero-order chi connectivity index (χ0) is 15.4. The molecule has 1 saturated heterocycles. The quantitative estimate of drug-likeness (QED) is 0.879. The van der Waals surface area contributed by atoms with Gasteiger partial charge in [-0.3, -0.25) is 4.79 Å². The molecule has 0 radical (unpaired) electrons. The standard InChI is InChI=1S/C14H20N2O5/c1-3-11-13(9(2)21-15-11)14(19)16-6-4-10(5-7-16)20-8-12(17)18/h10H,3-8H2,1-2H3,(H,17,18). The molecule has 7 nitrogen and oxygen atoms in total. The first kappa shape index (κ1) is 15.5. The fraction of sp³-hybridized carbons (Fsp3) is 0.643. The molecule has 2 rings (SSSR count). The van der Waals surface area contributed by atoms with Crippen molar-refractivity contribution in [3.8, 4) is 0 Å². The Labute approximate surface area is 122 Å².